The van der Waals surface area contributed by atoms with E-state index in [-0.39, 0.29) is 0 Å². The molecule has 0 atom stereocenters. The minimum atomic E-state index is -2.15. The molecule has 0 aromatic heterocycles. The lowest BCUT2D eigenvalue weighted by atomic mass is 10.1. The Morgan fingerprint density at radius 2 is 1.00 bits per heavy atom. The van der Waals surface area contributed by atoms with Crippen LogP contribution in [-0.2, 0) is 0 Å². The number of rotatable bonds is 2. The van der Waals surface area contributed by atoms with Crippen molar-refractivity contribution < 1.29 is 22.0 Å². The van der Waals surface area contributed by atoms with Crippen LogP contribution in [0.15, 0.2) is 21.9 Å². The third kappa shape index (κ3) is 2.77. The third-order valence-electron chi connectivity index (χ3n) is 2.98. The summed E-state index contributed by atoms with van der Waals surface area (Å²) in [6.07, 6.45) is 0. The first-order chi connectivity index (χ1) is 9.73. The smallest absolute Gasteiger partial charge is 0.200 e. The fourth-order valence-corrected chi connectivity index (χ4v) is 3.11. The Kier molecular flexibility index (Phi) is 4.27. The molecule has 0 heterocycles. The number of halogens is 5. The average Bonchev–Trinajstić information content (AvgIpc) is 2.41. The van der Waals surface area contributed by atoms with Crippen molar-refractivity contribution in [2.24, 2.45) is 0 Å². The van der Waals surface area contributed by atoms with Gasteiger partial charge in [0.1, 0.15) is 0 Å². The van der Waals surface area contributed by atoms with Gasteiger partial charge in [0.05, 0.1) is 4.90 Å². The topological polar surface area (TPSA) is 0 Å². The molecule has 0 aliphatic rings. The van der Waals surface area contributed by atoms with Crippen LogP contribution >= 0.6 is 11.8 Å². The summed E-state index contributed by atoms with van der Waals surface area (Å²) in [6.45, 7) is 5.29. The second kappa shape index (κ2) is 5.67. The van der Waals surface area contributed by atoms with Gasteiger partial charge < -0.3 is 0 Å². The van der Waals surface area contributed by atoms with Gasteiger partial charge in [0.15, 0.2) is 23.3 Å². The summed E-state index contributed by atoms with van der Waals surface area (Å²) in [7, 11) is 0. The van der Waals surface area contributed by atoms with Crippen molar-refractivity contribution in [1.82, 2.24) is 0 Å². The molecule has 0 fully saturated rings. The molecule has 0 radical (unpaired) electrons. The predicted octanol–water partition coefficient (Wildman–Crippen LogP) is 5.46. The van der Waals surface area contributed by atoms with Crippen molar-refractivity contribution in [3.05, 3.63) is 57.9 Å². The second-order valence-corrected chi connectivity index (χ2v) is 5.75. The maximum Gasteiger partial charge on any atom is 0.200 e. The van der Waals surface area contributed by atoms with Gasteiger partial charge in [-0.1, -0.05) is 29.5 Å². The highest BCUT2D eigenvalue weighted by atomic mass is 32.2. The normalized spacial score (nSPS) is 11.0. The Hall–Kier alpha value is -1.56. The third-order valence-corrected chi connectivity index (χ3v) is 4.39. The van der Waals surface area contributed by atoms with E-state index in [1.54, 1.807) is 26.0 Å². The van der Waals surface area contributed by atoms with Crippen molar-refractivity contribution in [3.8, 4) is 0 Å². The monoisotopic (exact) mass is 318 g/mol. The van der Waals surface area contributed by atoms with Crippen LogP contribution in [0.5, 0.6) is 0 Å². The molecule has 0 saturated heterocycles. The van der Waals surface area contributed by atoms with E-state index in [4.69, 9.17) is 0 Å². The lowest BCUT2D eigenvalue weighted by molar-refractivity contribution is 0.361. The zero-order valence-corrected chi connectivity index (χ0v) is 12.3. The molecule has 0 saturated carbocycles. The highest BCUT2D eigenvalue weighted by molar-refractivity contribution is 7.99. The lowest BCUT2D eigenvalue weighted by Crippen LogP contribution is -2.03. The van der Waals surface area contributed by atoms with E-state index in [2.05, 4.69) is 0 Å². The molecule has 2 rings (SSSR count). The fraction of sp³-hybridized carbons (Fsp3) is 0.200. The van der Waals surface area contributed by atoms with Gasteiger partial charge in [-0.15, -0.1) is 0 Å². The molecule has 0 aliphatic heterocycles. The number of benzene rings is 2. The molecule has 0 bridgehead atoms. The molecule has 6 heteroatoms. The zero-order chi connectivity index (χ0) is 15.9. The Labute approximate surface area is 123 Å². The Morgan fingerprint density at radius 1 is 0.619 bits per heavy atom. The van der Waals surface area contributed by atoms with Crippen molar-refractivity contribution >= 4 is 11.8 Å². The lowest BCUT2D eigenvalue weighted by Gasteiger charge is -2.13. The fourth-order valence-electron chi connectivity index (χ4n) is 2.10. The van der Waals surface area contributed by atoms with Crippen molar-refractivity contribution in [2.45, 2.75) is 30.6 Å². The quantitative estimate of drug-likeness (QED) is 0.402. The van der Waals surface area contributed by atoms with E-state index < -0.39 is 34.0 Å². The molecular weight excluding hydrogens is 307 g/mol. The summed E-state index contributed by atoms with van der Waals surface area (Å²) in [5.74, 6) is -9.63. The molecule has 2 aromatic carbocycles. The van der Waals surface area contributed by atoms with Gasteiger partial charge >= 0.3 is 0 Å². The Morgan fingerprint density at radius 3 is 1.43 bits per heavy atom. The largest absolute Gasteiger partial charge is 0.202 e. The molecule has 2 aromatic rings. The maximum atomic E-state index is 13.7. The summed E-state index contributed by atoms with van der Waals surface area (Å²) in [6, 6.07) is 3.56. The predicted molar refractivity (Wildman–Crippen MR) is 71.0 cm³/mol. The van der Waals surface area contributed by atoms with Gasteiger partial charge in [-0.2, -0.15) is 0 Å². The van der Waals surface area contributed by atoms with Gasteiger partial charge in [-0.3, -0.25) is 0 Å². The van der Waals surface area contributed by atoms with Gasteiger partial charge in [0.2, 0.25) is 5.82 Å². The molecule has 0 nitrogen and oxygen atoms in total. The Balaban J connectivity index is 2.61. The van der Waals surface area contributed by atoms with E-state index in [0.29, 0.717) is 27.8 Å². The van der Waals surface area contributed by atoms with Crippen LogP contribution in [-0.4, -0.2) is 0 Å². The molecule has 0 aliphatic carbocycles. The number of hydrogen-bond donors (Lipinski definition) is 0. The van der Waals surface area contributed by atoms with Crippen molar-refractivity contribution in [2.75, 3.05) is 0 Å². The van der Waals surface area contributed by atoms with Crippen LogP contribution in [0.25, 0.3) is 0 Å². The summed E-state index contributed by atoms with van der Waals surface area (Å²) in [4.78, 5) is -0.412. The average molecular weight is 318 g/mol. The molecule has 112 valence electrons. The van der Waals surface area contributed by atoms with E-state index >= 15 is 0 Å². The number of aryl methyl sites for hydroxylation is 3. The van der Waals surface area contributed by atoms with Crippen LogP contribution in [0.3, 0.4) is 0 Å². The summed E-state index contributed by atoms with van der Waals surface area (Å²) in [5.41, 5.74) is 2.37. The minimum absolute atomic E-state index is 0.476. The van der Waals surface area contributed by atoms with Gasteiger partial charge in [0.25, 0.3) is 0 Å². The molecular formula is C15H11F5S. The number of hydrogen-bond acceptors (Lipinski definition) is 1. The van der Waals surface area contributed by atoms with Gasteiger partial charge in [-0.05, 0) is 31.9 Å². The summed E-state index contributed by atoms with van der Waals surface area (Å²) in [5, 5.41) is 0. The van der Waals surface area contributed by atoms with Crippen LogP contribution in [0.2, 0.25) is 0 Å². The first-order valence-electron chi connectivity index (χ1n) is 6.01. The van der Waals surface area contributed by atoms with E-state index in [1.807, 2.05) is 6.92 Å². The molecule has 21 heavy (non-hydrogen) atoms. The van der Waals surface area contributed by atoms with Crippen LogP contribution in [0, 0.1) is 49.9 Å². The highest BCUT2D eigenvalue weighted by Crippen LogP contribution is 2.38. The molecule has 0 amide bonds. The highest BCUT2D eigenvalue weighted by Gasteiger charge is 2.26. The van der Waals surface area contributed by atoms with Crippen LogP contribution in [0.1, 0.15) is 16.7 Å². The van der Waals surface area contributed by atoms with Crippen LogP contribution < -0.4 is 0 Å². The summed E-state index contributed by atoms with van der Waals surface area (Å²) >= 11 is 0.543. The first-order valence-corrected chi connectivity index (χ1v) is 6.82. The van der Waals surface area contributed by atoms with E-state index in [0.717, 1.165) is 5.56 Å². The minimum Gasteiger partial charge on any atom is -0.202 e. The molecule has 0 spiro atoms. The standard InChI is InChI=1S/C15H11F5S/c1-6-4-7(2)14(8(3)5-6)21-15-12(19)10(17)9(16)11(18)13(15)20/h4-5H,1-3H3. The van der Waals surface area contributed by atoms with Crippen LogP contribution in [0.4, 0.5) is 22.0 Å². The Bertz CT molecular complexity index is 672. The molecule has 0 unspecified atom stereocenters. The SMILES string of the molecule is Cc1cc(C)c(Sc2c(F)c(F)c(F)c(F)c2F)c(C)c1. The zero-order valence-electron chi connectivity index (χ0n) is 11.5. The van der Waals surface area contributed by atoms with Gasteiger partial charge in [0, 0.05) is 4.90 Å². The molecule has 0 N–H and O–H groups in total. The van der Waals surface area contributed by atoms with Gasteiger partial charge in [-0.25, -0.2) is 22.0 Å². The van der Waals surface area contributed by atoms with E-state index in [9.17, 15) is 22.0 Å². The maximum absolute atomic E-state index is 13.7. The van der Waals surface area contributed by atoms with Crippen molar-refractivity contribution in [3.63, 3.8) is 0 Å². The van der Waals surface area contributed by atoms with Crippen molar-refractivity contribution in [1.29, 1.82) is 0 Å². The summed E-state index contributed by atoms with van der Waals surface area (Å²) < 4.78 is 66.8. The van der Waals surface area contributed by atoms with E-state index in [1.165, 1.54) is 0 Å². The first kappa shape index (κ1) is 15.8. The second-order valence-electron chi connectivity index (χ2n) is 4.73.